The third-order valence-electron chi connectivity index (χ3n) is 6.91. The van der Waals surface area contributed by atoms with Crippen molar-refractivity contribution in [3.63, 3.8) is 0 Å². The van der Waals surface area contributed by atoms with Crippen molar-refractivity contribution in [2.75, 3.05) is 19.2 Å². The maximum absolute atomic E-state index is 5.54. The van der Waals surface area contributed by atoms with Crippen molar-refractivity contribution in [2.45, 2.75) is 19.4 Å². The number of nitrogens with zero attached hydrogens (tertiary/aromatic N) is 4. The fraction of sp³-hybridized carbons (Fsp3) is 0.156. The molecule has 0 saturated carbocycles. The lowest BCUT2D eigenvalue weighted by molar-refractivity contribution is 0.413. The van der Waals surface area contributed by atoms with Crippen molar-refractivity contribution in [1.82, 2.24) is 9.97 Å². The van der Waals surface area contributed by atoms with Crippen LogP contribution in [0, 0.1) is 6.92 Å². The molecule has 0 unspecified atom stereocenters. The van der Waals surface area contributed by atoms with Crippen LogP contribution in [0.3, 0.4) is 0 Å². The fourth-order valence-electron chi connectivity index (χ4n) is 4.88. The van der Waals surface area contributed by atoms with Crippen molar-refractivity contribution in [1.29, 1.82) is 0 Å². The van der Waals surface area contributed by atoms with Crippen LogP contribution in [0.25, 0.3) is 22.2 Å². The van der Waals surface area contributed by atoms with Gasteiger partial charge in [-0.05, 0) is 42.8 Å². The van der Waals surface area contributed by atoms with Crippen LogP contribution in [0.1, 0.15) is 29.2 Å². The minimum atomic E-state index is -0.0988. The van der Waals surface area contributed by atoms with Gasteiger partial charge in [0.2, 0.25) is 5.95 Å². The Morgan fingerprint density at radius 1 is 0.737 bits per heavy atom. The molecule has 2 heterocycles. The van der Waals surface area contributed by atoms with E-state index in [0.717, 1.165) is 50.5 Å². The normalized spacial score (nSPS) is 15.0. The third-order valence-corrected chi connectivity index (χ3v) is 6.91. The molecule has 188 valence electrons. The standard InChI is InChI=1S/C32H28N4O2/c1-21-14-16-22(17-15-21)31-27-12-4-5-13-28(27)33-32(34-31)36-30(24-9-7-11-26(19-24)38-3)20-29(35-36)23-8-6-10-25(18-23)37-2/h4-19,30H,20H2,1-3H3/t30-/m1/s1. The van der Waals surface area contributed by atoms with E-state index in [4.69, 9.17) is 24.5 Å². The third kappa shape index (κ3) is 4.45. The molecular formula is C32H28N4O2. The van der Waals surface area contributed by atoms with E-state index in [1.807, 2.05) is 53.5 Å². The Kier molecular flexibility index (Phi) is 6.22. The van der Waals surface area contributed by atoms with Gasteiger partial charge in [-0.15, -0.1) is 0 Å². The summed E-state index contributed by atoms with van der Waals surface area (Å²) in [4.78, 5) is 10.1. The van der Waals surface area contributed by atoms with E-state index in [1.165, 1.54) is 5.56 Å². The summed E-state index contributed by atoms with van der Waals surface area (Å²) in [6.45, 7) is 2.09. The van der Waals surface area contributed by atoms with Crippen LogP contribution in [0.15, 0.2) is 102 Å². The van der Waals surface area contributed by atoms with Crippen molar-refractivity contribution in [3.05, 3.63) is 114 Å². The summed E-state index contributed by atoms with van der Waals surface area (Å²) in [7, 11) is 3.36. The summed E-state index contributed by atoms with van der Waals surface area (Å²) >= 11 is 0. The van der Waals surface area contributed by atoms with Crippen molar-refractivity contribution >= 4 is 22.6 Å². The van der Waals surface area contributed by atoms with E-state index in [9.17, 15) is 0 Å². The summed E-state index contributed by atoms with van der Waals surface area (Å²) in [6.07, 6.45) is 0.691. The molecule has 0 saturated heterocycles. The molecule has 6 heteroatoms. The molecule has 4 aromatic carbocycles. The number of benzene rings is 4. The molecule has 1 aliphatic rings. The number of anilines is 1. The average Bonchev–Trinajstić information content (AvgIpc) is 3.43. The van der Waals surface area contributed by atoms with Gasteiger partial charge in [0.15, 0.2) is 0 Å². The zero-order chi connectivity index (χ0) is 26.1. The van der Waals surface area contributed by atoms with Gasteiger partial charge < -0.3 is 9.47 Å². The number of hydrazone groups is 1. The summed E-state index contributed by atoms with van der Waals surface area (Å²) < 4.78 is 11.0. The highest BCUT2D eigenvalue weighted by molar-refractivity contribution is 6.03. The molecule has 6 rings (SSSR count). The van der Waals surface area contributed by atoms with Gasteiger partial charge in [-0.3, -0.25) is 0 Å². The van der Waals surface area contributed by atoms with Crippen molar-refractivity contribution in [2.24, 2.45) is 5.10 Å². The first-order valence-corrected chi connectivity index (χ1v) is 12.6. The highest BCUT2D eigenvalue weighted by Gasteiger charge is 2.32. The summed E-state index contributed by atoms with van der Waals surface area (Å²) in [5.41, 5.74) is 7.06. The highest BCUT2D eigenvalue weighted by Crippen LogP contribution is 2.38. The number of fused-ring (bicyclic) bond motifs is 1. The lowest BCUT2D eigenvalue weighted by Crippen LogP contribution is -2.21. The number of hydrogen-bond acceptors (Lipinski definition) is 6. The van der Waals surface area contributed by atoms with E-state index >= 15 is 0 Å². The quantitative estimate of drug-likeness (QED) is 0.252. The van der Waals surface area contributed by atoms with Gasteiger partial charge in [-0.25, -0.2) is 15.0 Å². The number of rotatable bonds is 6. The molecule has 38 heavy (non-hydrogen) atoms. The maximum Gasteiger partial charge on any atom is 0.247 e. The van der Waals surface area contributed by atoms with Gasteiger partial charge in [0, 0.05) is 22.9 Å². The fourth-order valence-corrected chi connectivity index (χ4v) is 4.88. The maximum atomic E-state index is 5.54. The number of ether oxygens (including phenoxy) is 2. The van der Waals surface area contributed by atoms with E-state index in [2.05, 4.69) is 55.5 Å². The van der Waals surface area contributed by atoms with Gasteiger partial charge in [-0.1, -0.05) is 72.3 Å². The monoisotopic (exact) mass is 500 g/mol. The van der Waals surface area contributed by atoms with Gasteiger partial charge in [0.1, 0.15) is 11.5 Å². The first kappa shape index (κ1) is 23.7. The second-order valence-corrected chi connectivity index (χ2v) is 9.38. The lowest BCUT2D eigenvalue weighted by Gasteiger charge is -2.23. The average molecular weight is 501 g/mol. The van der Waals surface area contributed by atoms with E-state index in [0.29, 0.717) is 12.4 Å². The SMILES string of the molecule is COc1cccc(C2=NN(c3nc(-c4ccc(C)cc4)c4ccccc4n3)[C@@H](c3cccc(OC)c3)C2)c1. The molecule has 0 radical (unpaired) electrons. The molecule has 5 aromatic rings. The van der Waals surface area contributed by atoms with Gasteiger partial charge in [0.25, 0.3) is 0 Å². The molecule has 1 atom stereocenters. The Hall–Kier alpha value is -4.71. The van der Waals surface area contributed by atoms with E-state index in [-0.39, 0.29) is 6.04 Å². The Morgan fingerprint density at radius 2 is 1.47 bits per heavy atom. The van der Waals surface area contributed by atoms with Crippen LogP contribution in [-0.2, 0) is 0 Å². The molecular weight excluding hydrogens is 472 g/mol. The zero-order valence-electron chi connectivity index (χ0n) is 21.6. The van der Waals surface area contributed by atoms with Crippen LogP contribution >= 0.6 is 0 Å². The van der Waals surface area contributed by atoms with Crippen LogP contribution < -0.4 is 14.5 Å². The summed E-state index contributed by atoms with van der Waals surface area (Å²) in [5.74, 6) is 2.16. The largest absolute Gasteiger partial charge is 0.497 e. The number of methoxy groups -OCH3 is 2. The second kappa shape index (κ2) is 9.98. The molecule has 0 bridgehead atoms. The molecule has 0 aliphatic carbocycles. The smallest absolute Gasteiger partial charge is 0.247 e. The molecule has 0 spiro atoms. The molecule has 1 aromatic heterocycles. The van der Waals surface area contributed by atoms with Crippen LogP contribution in [0.4, 0.5) is 5.95 Å². The predicted molar refractivity (Wildman–Crippen MR) is 152 cm³/mol. The Labute approximate surface area is 222 Å². The first-order valence-electron chi connectivity index (χ1n) is 12.6. The zero-order valence-corrected chi connectivity index (χ0v) is 21.6. The molecule has 6 nitrogen and oxygen atoms in total. The summed E-state index contributed by atoms with van der Waals surface area (Å²) in [5, 5.41) is 8.06. The minimum absolute atomic E-state index is 0.0988. The van der Waals surface area contributed by atoms with Gasteiger partial charge in [-0.2, -0.15) is 5.10 Å². The number of aromatic nitrogens is 2. The minimum Gasteiger partial charge on any atom is -0.497 e. The van der Waals surface area contributed by atoms with Gasteiger partial charge >= 0.3 is 0 Å². The molecule has 0 N–H and O–H groups in total. The van der Waals surface area contributed by atoms with Crippen molar-refractivity contribution in [3.8, 4) is 22.8 Å². The Morgan fingerprint density at radius 3 is 2.26 bits per heavy atom. The van der Waals surface area contributed by atoms with Gasteiger partial charge in [0.05, 0.1) is 37.2 Å². The van der Waals surface area contributed by atoms with Crippen LogP contribution in [0.5, 0.6) is 11.5 Å². The number of aryl methyl sites for hydroxylation is 1. The molecule has 0 amide bonds. The highest BCUT2D eigenvalue weighted by atomic mass is 16.5. The lowest BCUT2D eigenvalue weighted by atomic mass is 9.98. The number of hydrogen-bond donors (Lipinski definition) is 0. The van der Waals surface area contributed by atoms with E-state index < -0.39 is 0 Å². The number of para-hydroxylation sites is 1. The molecule has 1 aliphatic heterocycles. The first-order chi connectivity index (χ1) is 18.6. The summed E-state index contributed by atoms with van der Waals surface area (Å²) in [6, 6.07) is 32.6. The molecule has 0 fully saturated rings. The second-order valence-electron chi connectivity index (χ2n) is 9.38. The topological polar surface area (TPSA) is 59.8 Å². The van der Waals surface area contributed by atoms with Crippen molar-refractivity contribution < 1.29 is 9.47 Å². The predicted octanol–water partition coefficient (Wildman–Crippen LogP) is 6.98. The Bertz CT molecular complexity index is 1650. The van der Waals surface area contributed by atoms with E-state index in [1.54, 1.807) is 14.2 Å². The Balaban J connectivity index is 1.52. The van der Waals surface area contributed by atoms with Crippen LogP contribution in [0.2, 0.25) is 0 Å². The van der Waals surface area contributed by atoms with Crippen LogP contribution in [-0.4, -0.2) is 29.9 Å².